The molecule has 2 aromatic carbocycles. The quantitative estimate of drug-likeness (QED) is 0.502. The van der Waals surface area contributed by atoms with Gasteiger partial charge in [-0.3, -0.25) is 9.59 Å². The van der Waals surface area contributed by atoms with Crippen LogP contribution in [0.1, 0.15) is 18.7 Å². The first-order chi connectivity index (χ1) is 14.1. The van der Waals surface area contributed by atoms with Crippen LogP contribution in [0.15, 0.2) is 58.7 Å². The number of aromatic amines is 1. The topological polar surface area (TPSA) is 87.7 Å². The SMILES string of the molecule is O=C(CCCc1nc2ccccc2c(=O)[nH]1)Nc1nc(-c2ccc(F)cc2)cs1. The Kier molecular flexibility index (Phi) is 5.44. The van der Waals surface area contributed by atoms with Crippen LogP contribution < -0.4 is 10.9 Å². The number of nitrogens with one attached hydrogen (secondary N) is 2. The summed E-state index contributed by atoms with van der Waals surface area (Å²) in [6, 6.07) is 13.2. The van der Waals surface area contributed by atoms with Gasteiger partial charge in [0.1, 0.15) is 11.6 Å². The van der Waals surface area contributed by atoms with Crippen LogP contribution >= 0.6 is 11.3 Å². The fourth-order valence-corrected chi connectivity index (χ4v) is 3.67. The minimum absolute atomic E-state index is 0.159. The molecule has 0 fully saturated rings. The normalized spacial score (nSPS) is 10.9. The molecule has 0 atom stereocenters. The number of nitrogens with zero attached hydrogens (tertiary/aromatic N) is 2. The van der Waals surface area contributed by atoms with E-state index in [-0.39, 0.29) is 23.7 Å². The maximum absolute atomic E-state index is 13.0. The number of H-pyrrole nitrogens is 1. The predicted molar refractivity (Wildman–Crippen MR) is 111 cm³/mol. The number of anilines is 1. The summed E-state index contributed by atoms with van der Waals surface area (Å²) < 4.78 is 13.0. The minimum atomic E-state index is -0.306. The zero-order chi connectivity index (χ0) is 20.2. The van der Waals surface area contributed by atoms with Crippen molar-refractivity contribution in [3.8, 4) is 11.3 Å². The van der Waals surface area contributed by atoms with E-state index in [1.165, 1.54) is 23.5 Å². The van der Waals surface area contributed by atoms with Crippen molar-refractivity contribution in [1.82, 2.24) is 15.0 Å². The van der Waals surface area contributed by atoms with Crippen molar-refractivity contribution in [3.05, 3.63) is 75.9 Å². The standard InChI is InChI=1S/C21H17FN4O2S/c22-14-10-8-13(9-11-14)17-12-29-21(24-17)26-19(27)7-3-6-18-23-16-5-2-1-4-15(16)20(28)25-18/h1-2,4-5,8-12H,3,6-7H2,(H,23,25,28)(H,24,26,27). The smallest absolute Gasteiger partial charge is 0.258 e. The van der Waals surface area contributed by atoms with E-state index in [2.05, 4.69) is 20.3 Å². The van der Waals surface area contributed by atoms with Crippen LogP contribution in [0.25, 0.3) is 22.2 Å². The van der Waals surface area contributed by atoms with E-state index >= 15 is 0 Å². The number of para-hydroxylation sites is 1. The van der Waals surface area contributed by atoms with Crippen LogP contribution in [0.3, 0.4) is 0 Å². The number of aromatic nitrogens is 3. The zero-order valence-electron chi connectivity index (χ0n) is 15.3. The van der Waals surface area contributed by atoms with Crippen LogP contribution in [-0.4, -0.2) is 20.9 Å². The largest absolute Gasteiger partial charge is 0.310 e. The van der Waals surface area contributed by atoms with Gasteiger partial charge >= 0.3 is 0 Å². The molecule has 0 bridgehead atoms. The highest BCUT2D eigenvalue weighted by Gasteiger charge is 2.09. The third kappa shape index (κ3) is 4.55. The summed E-state index contributed by atoms with van der Waals surface area (Å²) >= 11 is 1.31. The summed E-state index contributed by atoms with van der Waals surface area (Å²) in [4.78, 5) is 35.8. The number of halogens is 1. The Morgan fingerprint density at radius 2 is 1.90 bits per heavy atom. The Bertz CT molecular complexity index is 1220. The van der Waals surface area contributed by atoms with Crippen LogP contribution in [0.5, 0.6) is 0 Å². The molecule has 0 aliphatic rings. The molecule has 8 heteroatoms. The number of fused-ring (bicyclic) bond motifs is 1. The molecule has 4 rings (SSSR count). The molecule has 0 saturated heterocycles. The van der Waals surface area contributed by atoms with Crippen molar-refractivity contribution in [1.29, 1.82) is 0 Å². The highest BCUT2D eigenvalue weighted by atomic mass is 32.1. The van der Waals surface area contributed by atoms with Crippen LogP contribution in [0.2, 0.25) is 0 Å². The Balaban J connectivity index is 1.33. The van der Waals surface area contributed by atoms with Gasteiger partial charge in [-0.1, -0.05) is 12.1 Å². The van der Waals surface area contributed by atoms with Gasteiger partial charge in [0.2, 0.25) is 5.91 Å². The van der Waals surface area contributed by atoms with Crippen LogP contribution in [0.4, 0.5) is 9.52 Å². The highest BCUT2D eigenvalue weighted by molar-refractivity contribution is 7.14. The maximum Gasteiger partial charge on any atom is 0.258 e. The summed E-state index contributed by atoms with van der Waals surface area (Å²) in [5.74, 6) is 0.0993. The first-order valence-electron chi connectivity index (χ1n) is 9.08. The van der Waals surface area contributed by atoms with Crippen molar-refractivity contribution in [2.24, 2.45) is 0 Å². The van der Waals surface area contributed by atoms with E-state index < -0.39 is 0 Å². The lowest BCUT2D eigenvalue weighted by Gasteiger charge is -2.04. The molecule has 2 heterocycles. The van der Waals surface area contributed by atoms with Crippen molar-refractivity contribution in [2.75, 3.05) is 5.32 Å². The van der Waals surface area contributed by atoms with Gasteiger partial charge in [0.05, 0.1) is 16.6 Å². The van der Waals surface area contributed by atoms with E-state index in [1.54, 1.807) is 30.3 Å². The second-order valence-corrected chi connectivity index (χ2v) is 7.33. The molecule has 146 valence electrons. The highest BCUT2D eigenvalue weighted by Crippen LogP contribution is 2.25. The number of carbonyl (C=O) groups excluding carboxylic acids is 1. The molecular formula is C21H17FN4O2S. The maximum atomic E-state index is 13.0. The van der Waals surface area contributed by atoms with Crippen molar-refractivity contribution < 1.29 is 9.18 Å². The number of carbonyl (C=O) groups is 1. The fraction of sp³-hybridized carbons (Fsp3) is 0.143. The van der Waals surface area contributed by atoms with E-state index in [0.29, 0.717) is 40.4 Å². The minimum Gasteiger partial charge on any atom is -0.310 e. The molecule has 29 heavy (non-hydrogen) atoms. The summed E-state index contributed by atoms with van der Waals surface area (Å²) in [5, 5.41) is 5.63. The number of amides is 1. The van der Waals surface area contributed by atoms with Crippen LogP contribution in [0, 0.1) is 5.82 Å². The van der Waals surface area contributed by atoms with E-state index in [9.17, 15) is 14.0 Å². The van der Waals surface area contributed by atoms with Gasteiger partial charge in [-0.2, -0.15) is 0 Å². The third-order valence-electron chi connectivity index (χ3n) is 4.37. The van der Waals surface area contributed by atoms with E-state index in [0.717, 1.165) is 5.56 Å². The molecule has 2 N–H and O–H groups in total. The predicted octanol–water partition coefficient (Wildman–Crippen LogP) is 4.15. The average molecular weight is 408 g/mol. The monoisotopic (exact) mass is 408 g/mol. The Labute approximate surface area is 169 Å². The molecule has 4 aromatic rings. The number of aryl methyl sites for hydroxylation is 1. The van der Waals surface area contributed by atoms with Gasteiger partial charge in [-0.15, -0.1) is 11.3 Å². The van der Waals surface area contributed by atoms with Crippen molar-refractivity contribution >= 4 is 33.3 Å². The summed E-state index contributed by atoms with van der Waals surface area (Å²) in [5.41, 5.74) is 1.94. The number of thiazole rings is 1. The lowest BCUT2D eigenvalue weighted by Crippen LogP contribution is -2.14. The van der Waals surface area contributed by atoms with Gasteiger partial charge in [-0.05, 0) is 42.8 Å². The molecule has 2 aromatic heterocycles. The first kappa shape index (κ1) is 18.9. The number of benzene rings is 2. The molecule has 0 aliphatic carbocycles. The second-order valence-electron chi connectivity index (χ2n) is 6.48. The van der Waals surface area contributed by atoms with Crippen molar-refractivity contribution in [3.63, 3.8) is 0 Å². The summed E-state index contributed by atoms with van der Waals surface area (Å²) in [6.07, 6.45) is 1.32. The lowest BCUT2D eigenvalue weighted by molar-refractivity contribution is -0.116. The van der Waals surface area contributed by atoms with Gasteiger partial charge in [0.25, 0.3) is 5.56 Å². The third-order valence-corrected chi connectivity index (χ3v) is 5.13. The molecule has 0 aliphatic heterocycles. The fourth-order valence-electron chi connectivity index (χ4n) is 2.94. The Morgan fingerprint density at radius 1 is 1.10 bits per heavy atom. The number of hydrogen-bond acceptors (Lipinski definition) is 5. The van der Waals surface area contributed by atoms with Crippen LogP contribution in [-0.2, 0) is 11.2 Å². The van der Waals surface area contributed by atoms with E-state index in [4.69, 9.17) is 0 Å². The summed E-state index contributed by atoms with van der Waals surface area (Å²) in [7, 11) is 0. The number of rotatable bonds is 6. The first-order valence-corrected chi connectivity index (χ1v) is 9.96. The molecular weight excluding hydrogens is 391 g/mol. The zero-order valence-corrected chi connectivity index (χ0v) is 16.1. The van der Waals surface area contributed by atoms with Gasteiger partial charge < -0.3 is 10.3 Å². The number of hydrogen-bond donors (Lipinski definition) is 2. The molecule has 1 amide bonds. The summed E-state index contributed by atoms with van der Waals surface area (Å²) in [6.45, 7) is 0. The average Bonchev–Trinajstić information content (AvgIpc) is 3.17. The molecule has 0 saturated carbocycles. The lowest BCUT2D eigenvalue weighted by atomic mass is 10.2. The van der Waals surface area contributed by atoms with Gasteiger partial charge in [0.15, 0.2) is 5.13 Å². The van der Waals surface area contributed by atoms with Crippen molar-refractivity contribution in [2.45, 2.75) is 19.3 Å². The Hall–Kier alpha value is -3.39. The molecule has 6 nitrogen and oxygen atoms in total. The van der Waals surface area contributed by atoms with E-state index in [1.807, 2.05) is 11.4 Å². The van der Waals surface area contributed by atoms with Gasteiger partial charge in [-0.25, -0.2) is 14.4 Å². The van der Waals surface area contributed by atoms with Gasteiger partial charge in [0, 0.05) is 23.8 Å². The Morgan fingerprint density at radius 3 is 2.72 bits per heavy atom. The second kappa shape index (κ2) is 8.32. The molecule has 0 unspecified atom stereocenters. The molecule has 0 radical (unpaired) electrons. The molecule has 0 spiro atoms.